The van der Waals surface area contributed by atoms with Crippen molar-refractivity contribution in [3.05, 3.63) is 34.1 Å². The Labute approximate surface area is 91.8 Å². The van der Waals surface area contributed by atoms with Crippen molar-refractivity contribution < 1.29 is 4.39 Å². The van der Waals surface area contributed by atoms with Gasteiger partial charge in [0.25, 0.3) is 0 Å². The van der Waals surface area contributed by atoms with E-state index in [2.05, 4.69) is 21.2 Å². The fourth-order valence-electron chi connectivity index (χ4n) is 1.90. The summed E-state index contributed by atoms with van der Waals surface area (Å²) in [7, 11) is 0. The molecule has 1 nitrogen and oxygen atoms in total. The van der Waals surface area contributed by atoms with Gasteiger partial charge in [0.15, 0.2) is 0 Å². The average Bonchev–Trinajstić information content (AvgIpc) is 2.19. The molecule has 1 fully saturated rings. The lowest BCUT2D eigenvalue weighted by atomic mass is 9.97. The van der Waals surface area contributed by atoms with Crippen LogP contribution < -0.4 is 5.32 Å². The normalized spacial score (nSPS) is 22.3. The average molecular weight is 258 g/mol. The van der Waals surface area contributed by atoms with Gasteiger partial charge in [-0.3, -0.25) is 0 Å². The van der Waals surface area contributed by atoms with Crippen LogP contribution in [0.5, 0.6) is 0 Å². The highest BCUT2D eigenvalue weighted by Gasteiger charge is 2.17. The Morgan fingerprint density at radius 1 is 1.36 bits per heavy atom. The molecule has 0 spiro atoms. The summed E-state index contributed by atoms with van der Waals surface area (Å²) in [6.45, 7) is 1.00. The lowest BCUT2D eigenvalue weighted by molar-refractivity contribution is 0.400. The molecular weight excluding hydrogens is 245 g/mol. The number of piperidine rings is 1. The molecule has 3 heteroatoms. The minimum atomic E-state index is -0.112. The molecule has 0 unspecified atom stereocenters. The topological polar surface area (TPSA) is 12.0 Å². The summed E-state index contributed by atoms with van der Waals surface area (Å²) in [6.07, 6.45) is 3.43. The molecule has 1 aliphatic heterocycles. The van der Waals surface area contributed by atoms with Crippen LogP contribution in [0.15, 0.2) is 22.7 Å². The SMILES string of the molecule is Fc1cc(Br)ccc1[C@H]1CCCCN1. The van der Waals surface area contributed by atoms with Crippen molar-refractivity contribution >= 4 is 15.9 Å². The van der Waals surface area contributed by atoms with Gasteiger partial charge in [0.2, 0.25) is 0 Å². The Hall–Kier alpha value is -0.410. The first kappa shape index (κ1) is 10.1. The molecule has 1 aliphatic rings. The van der Waals surface area contributed by atoms with E-state index < -0.39 is 0 Å². The molecule has 0 amide bonds. The summed E-state index contributed by atoms with van der Waals surface area (Å²) >= 11 is 3.26. The Balaban J connectivity index is 2.22. The highest BCUT2D eigenvalue weighted by Crippen LogP contribution is 2.26. The molecule has 1 aromatic carbocycles. The van der Waals surface area contributed by atoms with E-state index in [9.17, 15) is 4.39 Å². The lowest BCUT2D eigenvalue weighted by Gasteiger charge is -2.24. The Morgan fingerprint density at radius 2 is 2.21 bits per heavy atom. The third kappa shape index (κ3) is 2.15. The largest absolute Gasteiger partial charge is 0.310 e. The molecule has 76 valence electrons. The summed E-state index contributed by atoms with van der Waals surface area (Å²) in [4.78, 5) is 0. The molecule has 0 aliphatic carbocycles. The van der Waals surface area contributed by atoms with Crippen LogP contribution in [0.2, 0.25) is 0 Å². The zero-order chi connectivity index (χ0) is 9.97. The summed E-state index contributed by atoms with van der Waals surface area (Å²) < 4.78 is 14.4. The number of hydrogen-bond donors (Lipinski definition) is 1. The molecule has 2 rings (SSSR count). The highest BCUT2D eigenvalue weighted by atomic mass is 79.9. The van der Waals surface area contributed by atoms with Crippen LogP contribution in [0.1, 0.15) is 30.9 Å². The van der Waals surface area contributed by atoms with Crippen LogP contribution in [-0.4, -0.2) is 6.54 Å². The summed E-state index contributed by atoms with van der Waals surface area (Å²) in [5, 5.41) is 3.34. The van der Waals surface area contributed by atoms with Crippen molar-refractivity contribution in [1.29, 1.82) is 0 Å². The maximum atomic E-state index is 13.6. The molecule has 0 radical (unpaired) electrons. The van der Waals surface area contributed by atoms with Crippen LogP contribution in [-0.2, 0) is 0 Å². The molecule has 14 heavy (non-hydrogen) atoms. The van der Waals surface area contributed by atoms with Gasteiger partial charge in [0.1, 0.15) is 5.82 Å². The van der Waals surface area contributed by atoms with E-state index in [4.69, 9.17) is 0 Å². The predicted molar refractivity (Wildman–Crippen MR) is 58.7 cm³/mol. The van der Waals surface area contributed by atoms with Crippen LogP contribution in [0.4, 0.5) is 4.39 Å². The van der Waals surface area contributed by atoms with E-state index in [-0.39, 0.29) is 11.9 Å². The second-order valence-electron chi connectivity index (χ2n) is 3.67. The van der Waals surface area contributed by atoms with E-state index in [1.54, 1.807) is 0 Å². The highest BCUT2D eigenvalue weighted by molar-refractivity contribution is 9.10. The molecular formula is C11H13BrFN. The van der Waals surface area contributed by atoms with E-state index in [0.29, 0.717) is 0 Å². The lowest BCUT2D eigenvalue weighted by Crippen LogP contribution is -2.27. The van der Waals surface area contributed by atoms with E-state index >= 15 is 0 Å². The Kier molecular flexibility index (Phi) is 3.19. The predicted octanol–water partition coefficient (Wildman–Crippen LogP) is 3.40. The Bertz CT molecular complexity index is 321. The van der Waals surface area contributed by atoms with Crippen LogP contribution in [0.25, 0.3) is 0 Å². The first-order chi connectivity index (χ1) is 6.77. The number of benzene rings is 1. The monoisotopic (exact) mass is 257 g/mol. The fourth-order valence-corrected chi connectivity index (χ4v) is 2.23. The molecule has 0 aromatic heterocycles. The molecule has 0 bridgehead atoms. The molecule has 1 saturated heterocycles. The van der Waals surface area contributed by atoms with Gasteiger partial charge in [0, 0.05) is 16.1 Å². The van der Waals surface area contributed by atoms with Crippen LogP contribution >= 0.6 is 15.9 Å². The second kappa shape index (κ2) is 4.41. The Morgan fingerprint density at radius 3 is 2.86 bits per heavy atom. The summed E-state index contributed by atoms with van der Waals surface area (Å²) in [5.41, 5.74) is 0.799. The number of halogens is 2. The summed E-state index contributed by atoms with van der Waals surface area (Å²) in [5.74, 6) is -0.112. The van der Waals surface area contributed by atoms with E-state index in [1.807, 2.05) is 12.1 Å². The zero-order valence-electron chi connectivity index (χ0n) is 7.89. The van der Waals surface area contributed by atoms with E-state index in [1.165, 1.54) is 18.9 Å². The third-order valence-corrected chi connectivity index (χ3v) is 3.14. The quantitative estimate of drug-likeness (QED) is 0.814. The smallest absolute Gasteiger partial charge is 0.129 e. The molecule has 1 atom stereocenters. The van der Waals surface area contributed by atoms with Gasteiger partial charge in [-0.2, -0.15) is 0 Å². The number of hydrogen-bond acceptors (Lipinski definition) is 1. The van der Waals surface area contributed by atoms with Crippen LogP contribution in [0.3, 0.4) is 0 Å². The molecule has 0 saturated carbocycles. The van der Waals surface area contributed by atoms with Crippen molar-refractivity contribution in [2.45, 2.75) is 25.3 Å². The molecule has 1 N–H and O–H groups in total. The van der Waals surface area contributed by atoms with Crippen molar-refractivity contribution in [3.8, 4) is 0 Å². The van der Waals surface area contributed by atoms with Crippen molar-refractivity contribution in [2.75, 3.05) is 6.54 Å². The van der Waals surface area contributed by atoms with E-state index in [0.717, 1.165) is 23.0 Å². The number of nitrogens with one attached hydrogen (secondary N) is 1. The summed E-state index contributed by atoms with van der Waals surface area (Å²) in [6, 6.07) is 5.50. The van der Waals surface area contributed by atoms with Crippen molar-refractivity contribution in [3.63, 3.8) is 0 Å². The van der Waals surface area contributed by atoms with Gasteiger partial charge in [-0.05, 0) is 31.5 Å². The fraction of sp³-hybridized carbons (Fsp3) is 0.455. The maximum Gasteiger partial charge on any atom is 0.129 e. The first-order valence-corrected chi connectivity index (χ1v) is 5.75. The number of rotatable bonds is 1. The minimum Gasteiger partial charge on any atom is -0.310 e. The van der Waals surface area contributed by atoms with Gasteiger partial charge in [-0.1, -0.05) is 28.4 Å². The minimum absolute atomic E-state index is 0.112. The standard InChI is InChI=1S/C11H13BrFN/c12-8-4-5-9(10(13)7-8)11-3-1-2-6-14-11/h4-5,7,11,14H,1-3,6H2/t11-/m1/s1. The van der Waals surface area contributed by atoms with Gasteiger partial charge in [-0.15, -0.1) is 0 Å². The van der Waals surface area contributed by atoms with Gasteiger partial charge in [0.05, 0.1) is 0 Å². The zero-order valence-corrected chi connectivity index (χ0v) is 9.48. The van der Waals surface area contributed by atoms with Crippen molar-refractivity contribution in [1.82, 2.24) is 5.32 Å². The first-order valence-electron chi connectivity index (χ1n) is 4.96. The van der Waals surface area contributed by atoms with Gasteiger partial charge in [-0.25, -0.2) is 4.39 Å². The third-order valence-electron chi connectivity index (χ3n) is 2.65. The van der Waals surface area contributed by atoms with Gasteiger partial charge >= 0.3 is 0 Å². The molecule has 1 aromatic rings. The van der Waals surface area contributed by atoms with Crippen LogP contribution in [0, 0.1) is 5.82 Å². The van der Waals surface area contributed by atoms with Gasteiger partial charge < -0.3 is 5.32 Å². The van der Waals surface area contributed by atoms with Crippen molar-refractivity contribution in [2.24, 2.45) is 0 Å². The second-order valence-corrected chi connectivity index (χ2v) is 4.58. The molecule has 1 heterocycles. The maximum absolute atomic E-state index is 13.6.